The van der Waals surface area contributed by atoms with E-state index < -0.39 is 0 Å². The second kappa shape index (κ2) is 9.51. The highest BCUT2D eigenvalue weighted by Crippen LogP contribution is 2.18. The molecule has 2 aromatic rings. The van der Waals surface area contributed by atoms with Crippen LogP contribution in [0.15, 0.2) is 54.6 Å². The van der Waals surface area contributed by atoms with Gasteiger partial charge in [0.1, 0.15) is 0 Å². The van der Waals surface area contributed by atoms with E-state index in [1.54, 1.807) is 53.4 Å². The smallest absolute Gasteiger partial charge is 0.255 e. The molecule has 2 amide bonds. The van der Waals surface area contributed by atoms with Gasteiger partial charge in [-0.1, -0.05) is 42.5 Å². The number of ketones is 1. The highest BCUT2D eigenvalue weighted by atomic mass is 16.2. The first-order valence-corrected chi connectivity index (χ1v) is 8.83. The molecule has 0 aliphatic carbocycles. The SMILES string of the molecule is CCN(CC)C(=O)c1ccccc1NC(=O)CCC(=O)c1ccccc1. The van der Waals surface area contributed by atoms with E-state index in [0.717, 1.165) is 0 Å². The molecule has 26 heavy (non-hydrogen) atoms. The van der Waals surface area contributed by atoms with Gasteiger partial charge in [0.2, 0.25) is 5.91 Å². The van der Waals surface area contributed by atoms with Gasteiger partial charge < -0.3 is 10.2 Å². The summed E-state index contributed by atoms with van der Waals surface area (Å²) in [4.78, 5) is 38.6. The Balaban J connectivity index is 2.01. The Hall–Kier alpha value is -2.95. The topological polar surface area (TPSA) is 66.5 Å². The van der Waals surface area contributed by atoms with Crippen molar-refractivity contribution in [3.63, 3.8) is 0 Å². The molecule has 0 aromatic heterocycles. The van der Waals surface area contributed by atoms with Gasteiger partial charge in [-0.2, -0.15) is 0 Å². The molecular formula is C21H24N2O3. The van der Waals surface area contributed by atoms with Crippen LogP contribution in [0.25, 0.3) is 0 Å². The highest BCUT2D eigenvalue weighted by Gasteiger charge is 2.17. The average molecular weight is 352 g/mol. The molecule has 1 N–H and O–H groups in total. The van der Waals surface area contributed by atoms with Gasteiger partial charge in [-0.15, -0.1) is 0 Å². The summed E-state index contributed by atoms with van der Waals surface area (Å²) in [6.07, 6.45) is 0.198. The molecular weight excluding hydrogens is 328 g/mol. The summed E-state index contributed by atoms with van der Waals surface area (Å²) in [5.74, 6) is -0.478. The summed E-state index contributed by atoms with van der Waals surface area (Å²) in [5, 5.41) is 2.76. The van der Waals surface area contributed by atoms with Crippen LogP contribution in [-0.4, -0.2) is 35.6 Å². The summed E-state index contributed by atoms with van der Waals surface area (Å²) in [7, 11) is 0. The van der Waals surface area contributed by atoms with Crippen molar-refractivity contribution >= 4 is 23.3 Å². The first-order valence-electron chi connectivity index (χ1n) is 8.83. The normalized spacial score (nSPS) is 10.2. The Morgan fingerprint density at radius 3 is 2.12 bits per heavy atom. The number of amides is 2. The van der Waals surface area contributed by atoms with Gasteiger partial charge in [0.25, 0.3) is 5.91 Å². The summed E-state index contributed by atoms with van der Waals surface area (Å²) in [5.41, 5.74) is 1.53. The highest BCUT2D eigenvalue weighted by molar-refractivity contribution is 6.05. The lowest BCUT2D eigenvalue weighted by Crippen LogP contribution is -2.31. The first kappa shape index (κ1) is 19.4. The molecule has 0 atom stereocenters. The van der Waals surface area contributed by atoms with Crippen LogP contribution in [0.5, 0.6) is 0 Å². The lowest BCUT2D eigenvalue weighted by molar-refractivity contribution is -0.116. The van der Waals surface area contributed by atoms with Crippen LogP contribution in [0.2, 0.25) is 0 Å². The Labute approximate surface area is 154 Å². The second-order valence-electron chi connectivity index (χ2n) is 5.86. The molecule has 136 valence electrons. The second-order valence-corrected chi connectivity index (χ2v) is 5.86. The number of rotatable bonds is 8. The molecule has 0 spiro atoms. The lowest BCUT2D eigenvalue weighted by atomic mass is 10.1. The Morgan fingerprint density at radius 1 is 0.846 bits per heavy atom. The van der Waals surface area contributed by atoms with E-state index in [9.17, 15) is 14.4 Å². The van der Waals surface area contributed by atoms with Crippen LogP contribution in [0.3, 0.4) is 0 Å². The third kappa shape index (κ3) is 5.02. The maximum Gasteiger partial charge on any atom is 0.255 e. The van der Waals surface area contributed by atoms with Crippen molar-refractivity contribution in [1.82, 2.24) is 4.90 Å². The first-order chi connectivity index (χ1) is 12.6. The van der Waals surface area contributed by atoms with E-state index in [-0.39, 0.29) is 30.4 Å². The number of nitrogens with one attached hydrogen (secondary N) is 1. The van der Waals surface area contributed by atoms with E-state index in [2.05, 4.69) is 5.32 Å². The van der Waals surface area contributed by atoms with E-state index in [1.165, 1.54) is 0 Å². The van der Waals surface area contributed by atoms with Crippen LogP contribution in [0.4, 0.5) is 5.69 Å². The lowest BCUT2D eigenvalue weighted by Gasteiger charge is -2.20. The zero-order valence-corrected chi connectivity index (χ0v) is 15.2. The summed E-state index contributed by atoms with van der Waals surface area (Å²) >= 11 is 0. The Bertz CT molecular complexity index is 768. The Morgan fingerprint density at radius 2 is 1.46 bits per heavy atom. The van der Waals surface area contributed by atoms with Crippen molar-refractivity contribution in [1.29, 1.82) is 0 Å². The largest absolute Gasteiger partial charge is 0.339 e. The molecule has 0 radical (unpaired) electrons. The zero-order valence-electron chi connectivity index (χ0n) is 15.2. The van der Waals surface area contributed by atoms with Crippen molar-refractivity contribution in [2.75, 3.05) is 18.4 Å². The van der Waals surface area contributed by atoms with Gasteiger partial charge in [0.05, 0.1) is 11.3 Å². The van der Waals surface area contributed by atoms with Crippen LogP contribution < -0.4 is 5.32 Å². The molecule has 0 fully saturated rings. The van der Waals surface area contributed by atoms with E-state index in [4.69, 9.17) is 0 Å². The number of hydrogen-bond donors (Lipinski definition) is 1. The summed E-state index contributed by atoms with van der Waals surface area (Å²) in [6.45, 7) is 5.03. The number of carbonyl (C=O) groups is 3. The molecule has 0 aliphatic rings. The molecule has 2 aromatic carbocycles. The van der Waals surface area contributed by atoms with Crippen molar-refractivity contribution in [2.45, 2.75) is 26.7 Å². The number of benzene rings is 2. The van der Waals surface area contributed by atoms with Gasteiger partial charge in [-0.05, 0) is 26.0 Å². The van der Waals surface area contributed by atoms with Gasteiger partial charge >= 0.3 is 0 Å². The minimum absolute atomic E-state index is 0.0710. The third-order valence-electron chi connectivity index (χ3n) is 4.16. The quantitative estimate of drug-likeness (QED) is 0.736. The van der Waals surface area contributed by atoms with Gasteiger partial charge in [-0.3, -0.25) is 14.4 Å². The fourth-order valence-electron chi connectivity index (χ4n) is 2.67. The maximum atomic E-state index is 12.6. The van der Waals surface area contributed by atoms with Crippen molar-refractivity contribution < 1.29 is 14.4 Å². The molecule has 0 saturated carbocycles. The van der Waals surface area contributed by atoms with Crippen LogP contribution in [-0.2, 0) is 4.79 Å². The standard InChI is InChI=1S/C21H24N2O3/c1-3-23(4-2)21(26)17-12-8-9-13-18(17)22-20(25)15-14-19(24)16-10-6-5-7-11-16/h5-13H,3-4,14-15H2,1-2H3,(H,22,25). The van der Waals surface area contributed by atoms with E-state index in [1.807, 2.05) is 19.9 Å². The number of carbonyl (C=O) groups excluding carboxylic acids is 3. The summed E-state index contributed by atoms with van der Waals surface area (Å²) < 4.78 is 0. The minimum atomic E-state index is -0.283. The number of hydrogen-bond acceptors (Lipinski definition) is 3. The Kier molecular flexibility index (Phi) is 7.09. The van der Waals surface area contributed by atoms with Crippen molar-refractivity contribution in [3.05, 3.63) is 65.7 Å². The van der Waals surface area contributed by atoms with Crippen LogP contribution >= 0.6 is 0 Å². The molecule has 0 aliphatic heterocycles. The van der Waals surface area contributed by atoms with Crippen molar-refractivity contribution in [2.24, 2.45) is 0 Å². The van der Waals surface area contributed by atoms with E-state index >= 15 is 0 Å². The number of para-hydroxylation sites is 1. The monoisotopic (exact) mass is 352 g/mol. The molecule has 0 unspecified atom stereocenters. The summed E-state index contributed by atoms with van der Waals surface area (Å²) in [6, 6.07) is 15.8. The van der Waals surface area contributed by atoms with Crippen LogP contribution in [0.1, 0.15) is 47.4 Å². The molecule has 0 bridgehead atoms. The van der Waals surface area contributed by atoms with Crippen molar-refractivity contribution in [3.8, 4) is 0 Å². The fraction of sp³-hybridized carbons (Fsp3) is 0.286. The van der Waals surface area contributed by atoms with E-state index in [0.29, 0.717) is 29.9 Å². The molecule has 0 saturated heterocycles. The van der Waals surface area contributed by atoms with Gasteiger partial charge in [0.15, 0.2) is 5.78 Å². The third-order valence-corrected chi connectivity index (χ3v) is 4.16. The molecule has 5 heteroatoms. The molecule has 2 rings (SSSR count). The number of Topliss-reactive ketones (excluding diaryl/α,β-unsaturated/α-hetero) is 1. The zero-order chi connectivity index (χ0) is 18.9. The number of anilines is 1. The number of nitrogens with zero attached hydrogens (tertiary/aromatic N) is 1. The maximum absolute atomic E-state index is 12.6. The minimum Gasteiger partial charge on any atom is -0.339 e. The average Bonchev–Trinajstić information content (AvgIpc) is 2.68. The fourth-order valence-corrected chi connectivity index (χ4v) is 2.67. The predicted molar refractivity (Wildman–Crippen MR) is 102 cm³/mol. The predicted octanol–water partition coefficient (Wildman–Crippen LogP) is 3.77. The van der Waals surface area contributed by atoms with Gasteiger partial charge in [-0.25, -0.2) is 0 Å². The van der Waals surface area contributed by atoms with Crippen LogP contribution in [0, 0.1) is 0 Å². The molecule has 5 nitrogen and oxygen atoms in total. The van der Waals surface area contributed by atoms with Gasteiger partial charge in [0, 0.05) is 31.5 Å². The molecule has 0 heterocycles.